The maximum absolute atomic E-state index is 12.5. The molecule has 3 atom stereocenters. The molecule has 0 aromatic rings. The van der Waals surface area contributed by atoms with Crippen LogP contribution < -0.4 is 0 Å². The normalized spacial score (nSPS) is 13.0. The first-order valence-electron chi connectivity index (χ1n) is 30.4. The van der Waals surface area contributed by atoms with Crippen molar-refractivity contribution in [3.8, 4) is 0 Å². The fourth-order valence-corrected chi connectivity index (χ4v) is 9.56. The second-order valence-electron chi connectivity index (χ2n) is 20.8. The number of ether oxygens (including phenoxy) is 3. The van der Waals surface area contributed by atoms with E-state index in [0.717, 1.165) is 135 Å². The molecular weight excluding hydrogens is 861 g/mol. The van der Waals surface area contributed by atoms with Crippen LogP contribution in [0.5, 0.6) is 0 Å². The maximum atomic E-state index is 12.5. The molecule has 0 saturated carbocycles. The molecule has 9 nitrogen and oxygen atoms in total. The SMILES string of the molecule is CCCCCC(CC)OC(=O)CCCCCCCCN(CCCCCCO)CCCN(CCCCCCCCC(=O)OC(CC)CCCCC)CCCCCCCCC(=O)OC(CC)CCCCC. The lowest BCUT2D eigenvalue weighted by Gasteiger charge is -2.26. The topological polar surface area (TPSA) is 106 Å². The van der Waals surface area contributed by atoms with E-state index in [1.807, 2.05) is 0 Å². The average Bonchev–Trinajstić information content (AvgIpc) is 3.34. The Morgan fingerprint density at radius 2 is 0.565 bits per heavy atom. The van der Waals surface area contributed by atoms with Crippen LogP contribution in [0, 0.1) is 0 Å². The first-order valence-corrected chi connectivity index (χ1v) is 30.4. The zero-order valence-electron chi connectivity index (χ0n) is 47.0. The highest BCUT2D eigenvalue weighted by atomic mass is 16.6. The number of aliphatic hydroxyl groups excluding tert-OH is 1. The molecular formula is C60H118N2O7. The summed E-state index contributed by atoms with van der Waals surface area (Å²) in [5.41, 5.74) is 0. The van der Waals surface area contributed by atoms with E-state index in [1.54, 1.807) is 0 Å². The van der Waals surface area contributed by atoms with Gasteiger partial charge < -0.3 is 29.1 Å². The highest BCUT2D eigenvalue weighted by molar-refractivity contribution is 5.70. The fraction of sp³-hybridized carbons (Fsp3) is 0.950. The molecule has 0 aliphatic heterocycles. The van der Waals surface area contributed by atoms with E-state index in [-0.39, 0.29) is 36.2 Å². The lowest BCUT2D eigenvalue weighted by atomic mass is 10.1. The van der Waals surface area contributed by atoms with Gasteiger partial charge >= 0.3 is 17.9 Å². The summed E-state index contributed by atoms with van der Waals surface area (Å²) in [5.74, 6) is -0.0196. The molecule has 0 aliphatic carbocycles. The fourth-order valence-electron chi connectivity index (χ4n) is 9.56. The van der Waals surface area contributed by atoms with E-state index in [4.69, 9.17) is 14.2 Å². The predicted molar refractivity (Wildman–Crippen MR) is 293 cm³/mol. The van der Waals surface area contributed by atoms with Crippen molar-refractivity contribution in [1.29, 1.82) is 0 Å². The predicted octanol–water partition coefficient (Wildman–Crippen LogP) is 16.4. The van der Waals surface area contributed by atoms with Crippen molar-refractivity contribution in [3.63, 3.8) is 0 Å². The number of carbonyl (C=O) groups excluding carboxylic acids is 3. The molecule has 3 unspecified atom stereocenters. The largest absolute Gasteiger partial charge is 0.462 e. The number of esters is 3. The quantitative estimate of drug-likeness (QED) is 0.0362. The summed E-state index contributed by atoms with van der Waals surface area (Å²) in [7, 11) is 0. The molecule has 0 heterocycles. The van der Waals surface area contributed by atoms with Crippen LogP contribution >= 0.6 is 0 Å². The van der Waals surface area contributed by atoms with Gasteiger partial charge in [0, 0.05) is 25.9 Å². The number of unbranched alkanes of at least 4 members (excludes halogenated alkanes) is 24. The van der Waals surface area contributed by atoms with Crippen LogP contribution in [0.15, 0.2) is 0 Å². The molecule has 0 rings (SSSR count). The monoisotopic (exact) mass is 979 g/mol. The Labute approximate surface area is 428 Å². The Hall–Kier alpha value is -1.71. The second-order valence-corrected chi connectivity index (χ2v) is 20.8. The van der Waals surface area contributed by atoms with E-state index in [0.29, 0.717) is 25.9 Å². The Morgan fingerprint density at radius 1 is 0.319 bits per heavy atom. The first kappa shape index (κ1) is 67.3. The lowest BCUT2D eigenvalue weighted by molar-refractivity contribution is -0.150. The standard InChI is InChI=1S/C60H118N2O7/c1-7-13-30-42-55(10-4)67-58(64)45-33-22-16-19-25-36-48-61(49-37-26-20-17-23-34-46-59(65)68-56(11-5)43-31-14-8-2)52-41-53-62(51-39-28-29-40-54-63)50-38-27-21-18-24-35-47-60(66)69-57(12-6)44-32-15-9-3/h55-57,63H,7-54H2,1-6H3. The smallest absolute Gasteiger partial charge is 0.306 e. The third-order valence-electron chi connectivity index (χ3n) is 14.3. The summed E-state index contributed by atoms with van der Waals surface area (Å²) in [6, 6.07) is 0. The van der Waals surface area contributed by atoms with Crippen molar-refractivity contribution >= 4 is 17.9 Å². The van der Waals surface area contributed by atoms with Gasteiger partial charge in [-0.15, -0.1) is 0 Å². The summed E-state index contributed by atoms with van der Waals surface area (Å²) in [6.45, 7) is 20.2. The average molecular weight is 980 g/mol. The molecule has 69 heavy (non-hydrogen) atoms. The minimum Gasteiger partial charge on any atom is -0.462 e. The van der Waals surface area contributed by atoms with Crippen molar-refractivity contribution < 1.29 is 33.7 Å². The van der Waals surface area contributed by atoms with Gasteiger partial charge in [-0.2, -0.15) is 0 Å². The van der Waals surface area contributed by atoms with Crippen molar-refractivity contribution in [1.82, 2.24) is 9.80 Å². The Bertz CT molecular complexity index is 1060. The Balaban J connectivity index is 4.90. The minimum absolute atomic E-state index is 0.00638. The number of carbonyl (C=O) groups is 3. The van der Waals surface area contributed by atoms with Crippen LogP contribution in [0.3, 0.4) is 0 Å². The van der Waals surface area contributed by atoms with Crippen LogP contribution in [-0.4, -0.2) is 97.0 Å². The van der Waals surface area contributed by atoms with Gasteiger partial charge in [-0.25, -0.2) is 0 Å². The molecule has 0 aliphatic rings. The summed E-state index contributed by atoms with van der Waals surface area (Å²) in [4.78, 5) is 42.8. The molecule has 0 bridgehead atoms. The number of aliphatic hydroxyl groups is 1. The Kier molecular flexibility index (Phi) is 51.3. The van der Waals surface area contributed by atoms with E-state index in [1.165, 1.54) is 148 Å². The van der Waals surface area contributed by atoms with E-state index in [9.17, 15) is 19.5 Å². The van der Waals surface area contributed by atoms with E-state index < -0.39 is 0 Å². The van der Waals surface area contributed by atoms with Gasteiger partial charge in [0.25, 0.3) is 0 Å². The molecule has 0 spiro atoms. The van der Waals surface area contributed by atoms with Gasteiger partial charge in [0.2, 0.25) is 0 Å². The maximum Gasteiger partial charge on any atom is 0.306 e. The van der Waals surface area contributed by atoms with Gasteiger partial charge in [-0.05, 0) is 155 Å². The van der Waals surface area contributed by atoms with Crippen molar-refractivity contribution in [2.45, 2.75) is 323 Å². The first-order chi connectivity index (χ1) is 33.8. The highest BCUT2D eigenvalue weighted by Gasteiger charge is 2.15. The van der Waals surface area contributed by atoms with Gasteiger partial charge in [-0.3, -0.25) is 14.4 Å². The minimum atomic E-state index is -0.00680. The molecule has 0 saturated heterocycles. The third-order valence-corrected chi connectivity index (χ3v) is 14.3. The van der Waals surface area contributed by atoms with E-state index in [2.05, 4.69) is 51.3 Å². The molecule has 0 amide bonds. The molecule has 0 fully saturated rings. The summed E-state index contributed by atoms with van der Waals surface area (Å²) in [6.07, 6.45) is 44.8. The molecule has 0 aromatic carbocycles. The summed E-state index contributed by atoms with van der Waals surface area (Å²) < 4.78 is 17.3. The second kappa shape index (κ2) is 52.6. The van der Waals surface area contributed by atoms with Gasteiger partial charge in [0.15, 0.2) is 0 Å². The zero-order chi connectivity index (χ0) is 50.7. The van der Waals surface area contributed by atoms with Crippen LogP contribution in [0.1, 0.15) is 305 Å². The van der Waals surface area contributed by atoms with Crippen molar-refractivity contribution in [2.75, 3.05) is 45.9 Å². The number of hydrogen-bond acceptors (Lipinski definition) is 9. The number of rotatable bonds is 55. The molecule has 0 radical (unpaired) electrons. The number of hydrogen-bond donors (Lipinski definition) is 1. The van der Waals surface area contributed by atoms with Crippen LogP contribution in [-0.2, 0) is 28.6 Å². The number of nitrogens with zero attached hydrogens (tertiary/aromatic N) is 2. The Morgan fingerprint density at radius 3 is 0.826 bits per heavy atom. The van der Waals surface area contributed by atoms with Gasteiger partial charge in [0.05, 0.1) is 0 Å². The zero-order valence-corrected chi connectivity index (χ0v) is 47.0. The van der Waals surface area contributed by atoms with Crippen LogP contribution in [0.25, 0.3) is 0 Å². The van der Waals surface area contributed by atoms with Crippen LogP contribution in [0.4, 0.5) is 0 Å². The van der Waals surface area contributed by atoms with Crippen molar-refractivity contribution in [3.05, 3.63) is 0 Å². The summed E-state index contributed by atoms with van der Waals surface area (Å²) >= 11 is 0. The summed E-state index contributed by atoms with van der Waals surface area (Å²) in [5, 5.41) is 9.30. The molecule has 410 valence electrons. The van der Waals surface area contributed by atoms with Gasteiger partial charge in [0.1, 0.15) is 18.3 Å². The molecule has 0 aromatic heterocycles. The molecule has 1 N–H and O–H groups in total. The third kappa shape index (κ3) is 45.9. The van der Waals surface area contributed by atoms with Gasteiger partial charge in [-0.1, -0.05) is 170 Å². The van der Waals surface area contributed by atoms with E-state index >= 15 is 0 Å². The lowest BCUT2D eigenvalue weighted by Crippen LogP contribution is -2.32. The van der Waals surface area contributed by atoms with Crippen LogP contribution in [0.2, 0.25) is 0 Å². The van der Waals surface area contributed by atoms with Crippen molar-refractivity contribution in [2.24, 2.45) is 0 Å². The highest BCUT2D eigenvalue weighted by Crippen LogP contribution is 2.18. The molecule has 9 heteroatoms.